The molecule has 2 N–H and O–H groups in total. The summed E-state index contributed by atoms with van der Waals surface area (Å²) in [5, 5.41) is 0.898. The lowest BCUT2D eigenvalue weighted by atomic mass is 10.2. The summed E-state index contributed by atoms with van der Waals surface area (Å²) in [4.78, 5) is 15.0. The molecule has 94 valence electrons. The van der Waals surface area contributed by atoms with Gasteiger partial charge in [-0.15, -0.1) is 0 Å². The van der Waals surface area contributed by atoms with Crippen LogP contribution in [0.2, 0.25) is 0 Å². The predicted octanol–water partition coefficient (Wildman–Crippen LogP) is 2.05. The van der Waals surface area contributed by atoms with Crippen LogP contribution in [0, 0.1) is 0 Å². The van der Waals surface area contributed by atoms with Crippen LogP contribution in [0.4, 0.5) is 0 Å². The molecule has 1 heterocycles. The molecule has 1 aromatic heterocycles. The van der Waals surface area contributed by atoms with Crippen molar-refractivity contribution in [1.82, 2.24) is 9.55 Å². The van der Waals surface area contributed by atoms with Crippen LogP contribution in [0.25, 0.3) is 11.3 Å². The van der Waals surface area contributed by atoms with Crippen molar-refractivity contribution in [3.63, 3.8) is 0 Å². The maximum Gasteiger partial charge on any atom is 0.218 e. The molecule has 0 unspecified atom stereocenters. The van der Waals surface area contributed by atoms with Crippen molar-refractivity contribution in [2.24, 2.45) is 12.8 Å². The van der Waals surface area contributed by atoms with Gasteiger partial charge in [-0.2, -0.15) is 0 Å². The summed E-state index contributed by atoms with van der Waals surface area (Å²) in [7, 11) is 1.97. The molecular weight excluding hydrogens is 246 g/mol. The second-order valence-electron chi connectivity index (χ2n) is 3.92. The molecule has 4 nitrogen and oxygen atoms in total. The summed E-state index contributed by atoms with van der Waals surface area (Å²) < 4.78 is 2.03. The van der Waals surface area contributed by atoms with E-state index in [0.717, 1.165) is 16.4 Å². The van der Waals surface area contributed by atoms with Gasteiger partial charge in [0, 0.05) is 19.2 Å². The number of aromatic nitrogens is 2. The molecule has 0 aliphatic heterocycles. The number of carbonyl (C=O) groups is 1. The lowest BCUT2D eigenvalue weighted by Crippen LogP contribution is -2.11. The van der Waals surface area contributed by atoms with E-state index >= 15 is 0 Å². The predicted molar refractivity (Wildman–Crippen MR) is 73.2 cm³/mol. The zero-order valence-electron chi connectivity index (χ0n) is 10.2. The topological polar surface area (TPSA) is 60.9 Å². The first-order chi connectivity index (χ1) is 8.68. The van der Waals surface area contributed by atoms with Crippen LogP contribution < -0.4 is 5.73 Å². The number of imidazole rings is 1. The molecule has 0 aliphatic carbocycles. The van der Waals surface area contributed by atoms with Crippen LogP contribution in [0.3, 0.4) is 0 Å². The number of benzene rings is 1. The number of nitrogens with two attached hydrogens (primary N) is 1. The number of carbonyl (C=O) groups excluding carboxylic acids is 1. The summed E-state index contributed by atoms with van der Waals surface area (Å²) in [6.45, 7) is 0. The van der Waals surface area contributed by atoms with Crippen molar-refractivity contribution in [1.29, 1.82) is 0 Å². The number of rotatable bonds is 5. The monoisotopic (exact) mass is 261 g/mol. The number of thioether (sulfide) groups is 1. The normalized spacial score (nSPS) is 10.5. The van der Waals surface area contributed by atoms with Gasteiger partial charge >= 0.3 is 0 Å². The molecule has 18 heavy (non-hydrogen) atoms. The van der Waals surface area contributed by atoms with Crippen LogP contribution in [0.1, 0.15) is 6.42 Å². The van der Waals surface area contributed by atoms with E-state index in [9.17, 15) is 4.79 Å². The van der Waals surface area contributed by atoms with Gasteiger partial charge in [-0.25, -0.2) is 4.98 Å². The van der Waals surface area contributed by atoms with Crippen molar-refractivity contribution in [3.05, 3.63) is 36.5 Å². The summed E-state index contributed by atoms with van der Waals surface area (Å²) in [6.07, 6.45) is 2.22. The Morgan fingerprint density at radius 2 is 2.11 bits per heavy atom. The van der Waals surface area contributed by atoms with Gasteiger partial charge in [0.05, 0.1) is 11.9 Å². The van der Waals surface area contributed by atoms with Gasteiger partial charge in [-0.1, -0.05) is 42.1 Å². The molecule has 0 aliphatic rings. The highest BCUT2D eigenvalue weighted by molar-refractivity contribution is 7.99. The fraction of sp³-hybridized carbons (Fsp3) is 0.231. The van der Waals surface area contributed by atoms with E-state index < -0.39 is 0 Å². The minimum Gasteiger partial charge on any atom is -0.370 e. The Kier molecular flexibility index (Phi) is 4.04. The minimum atomic E-state index is -0.278. The average Bonchev–Trinajstić information content (AvgIpc) is 2.72. The fourth-order valence-corrected chi connectivity index (χ4v) is 2.55. The number of nitrogens with zero attached hydrogens (tertiary/aromatic N) is 2. The van der Waals surface area contributed by atoms with Gasteiger partial charge in [0.15, 0.2) is 5.16 Å². The molecule has 0 bridgehead atoms. The number of primary amides is 1. The lowest BCUT2D eigenvalue weighted by molar-refractivity contribution is -0.117. The van der Waals surface area contributed by atoms with Crippen LogP contribution in [-0.4, -0.2) is 21.2 Å². The van der Waals surface area contributed by atoms with E-state index in [-0.39, 0.29) is 5.91 Å². The fourth-order valence-electron chi connectivity index (χ4n) is 1.65. The Balaban J connectivity index is 2.12. The van der Waals surface area contributed by atoms with Gasteiger partial charge in [-0.3, -0.25) is 4.79 Å². The average molecular weight is 261 g/mol. The highest BCUT2D eigenvalue weighted by atomic mass is 32.2. The SMILES string of the molecule is Cn1c(-c2ccccc2)cnc1SCCC(N)=O. The summed E-state index contributed by atoms with van der Waals surface area (Å²) >= 11 is 1.54. The van der Waals surface area contributed by atoms with Crippen LogP contribution in [0.15, 0.2) is 41.7 Å². The highest BCUT2D eigenvalue weighted by Crippen LogP contribution is 2.24. The third-order valence-electron chi connectivity index (χ3n) is 2.59. The number of amides is 1. The highest BCUT2D eigenvalue weighted by Gasteiger charge is 2.08. The molecule has 2 rings (SSSR count). The first-order valence-electron chi connectivity index (χ1n) is 5.66. The maximum absolute atomic E-state index is 10.7. The largest absolute Gasteiger partial charge is 0.370 e. The molecule has 1 aromatic carbocycles. The van der Waals surface area contributed by atoms with Gasteiger partial charge < -0.3 is 10.3 Å². The Morgan fingerprint density at radius 1 is 1.39 bits per heavy atom. The smallest absolute Gasteiger partial charge is 0.218 e. The van der Waals surface area contributed by atoms with Crippen LogP contribution >= 0.6 is 11.8 Å². The zero-order valence-corrected chi connectivity index (χ0v) is 11.0. The first-order valence-corrected chi connectivity index (χ1v) is 6.65. The van der Waals surface area contributed by atoms with Gasteiger partial charge in [0.25, 0.3) is 0 Å². The number of hydrogen-bond acceptors (Lipinski definition) is 3. The van der Waals surface area contributed by atoms with E-state index in [0.29, 0.717) is 12.2 Å². The Bertz CT molecular complexity index is 536. The maximum atomic E-state index is 10.7. The standard InChI is InChI=1S/C13H15N3OS/c1-16-11(10-5-3-2-4-6-10)9-15-13(16)18-8-7-12(14)17/h2-6,9H,7-8H2,1H3,(H2,14,17). The molecule has 1 amide bonds. The Hall–Kier alpha value is -1.75. The summed E-state index contributed by atoms with van der Waals surface area (Å²) in [6, 6.07) is 10.1. The van der Waals surface area contributed by atoms with E-state index in [1.807, 2.05) is 36.0 Å². The second kappa shape index (κ2) is 5.73. The molecule has 0 radical (unpaired) electrons. The van der Waals surface area contributed by atoms with Gasteiger partial charge in [0.2, 0.25) is 5.91 Å². The minimum absolute atomic E-state index is 0.278. The molecule has 0 saturated heterocycles. The molecule has 0 atom stereocenters. The van der Waals surface area contributed by atoms with Crippen molar-refractivity contribution >= 4 is 17.7 Å². The first kappa shape index (κ1) is 12.7. The zero-order chi connectivity index (χ0) is 13.0. The van der Waals surface area contributed by atoms with Crippen molar-refractivity contribution in [2.45, 2.75) is 11.6 Å². The van der Waals surface area contributed by atoms with Gasteiger partial charge in [-0.05, 0) is 5.56 Å². The van der Waals surface area contributed by atoms with E-state index in [2.05, 4.69) is 17.1 Å². The van der Waals surface area contributed by atoms with E-state index in [1.54, 1.807) is 11.8 Å². The van der Waals surface area contributed by atoms with Crippen molar-refractivity contribution < 1.29 is 4.79 Å². The lowest BCUT2D eigenvalue weighted by Gasteiger charge is -2.05. The Labute approximate surface area is 110 Å². The Morgan fingerprint density at radius 3 is 2.78 bits per heavy atom. The summed E-state index contributed by atoms with van der Waals surface area (Å²) in [5.41, 5.74) is 7.31. The van der Waals surface area contributed by atoms with Crippen molar-refractivity contribution in [2.75, 3.05) is 5.75 Å². The van der Waals surface area contributed by atoms with Crippen LogP contribution in [0.5, 0.6) is 0 Å². The second-order valence-corrected chi connectivity index (χ2v) is 4.98. The molecule has 0 spiro atoms. The van der Waals surface area contributed by atoms with Crippen LogP contribution in [-0.2, 0) is 11.8 Å². The summed E-state index contributed by atoms with van der Waals surface area (Å²) in [5.74, 6) is 0.383. The third-order valence-corrected chi connectivity index (χ3v) is 3.64. The van der Waals surface area contributed by atoms with Gasteiger partial charge in [0.1, 0.15) is 0 Å². The molecular formula is C13H15N3OS. The van der Waals surface area contributed by atoms with Crippen molar-refractivity contribution in [3.8, 4) is 11.3 Å². The molecule has 0 fully saturated rings. The molecule has 2 aromatic rings. The third kappa shape index (κ3) is 2.92. The molecule has 0 saturated carbocycles. The van der Waals surface area contributed by atoms with E-state index in [1.165, 1.54) is 0 Å². The van der Waals surface area contributed by atoms with E-state index in [4.69, 9.17) is 5.73 Å². The molecule has 5 heteroatoms. The number of hydrogen-bond donors (Lipinski definition) is 1. The quantitative estimate of drug-likeness (QED) is 0.838.